The van der Waals surface area contributed by atoms with E-state index in [0.29, 0.717) is 34.6 Å². The highest BCUT2D eigenvalue weighted by Gasteiger charge is 2.43. The van der Waals surface area contributed by atoms with Gasteiger partial charge in [0, 0.05) is 29.1 Å². The van der Waals surface area contributed by atoms with E-state index in [2.05, 4.69) is 32.5 Å². The van der Waals surface area contributed by atoms with Gasteiger partial charge in [-0.3, -0.25) is 4.90 Å². The summed E-state index contributed by atoms with van der Waals surface area (Å²) in [7, 11) is -1.37. The van der Waals surface area contributed by atoms with Gasteiger partial charge in [0.2, 0.25) is 5.95 Å². The van der Waals surface area contributed by atoms with Crippen molar-refractivity contribution < 1.29 is 18.3 Å². The second-order valence-electron chi connectivity index (χ2n) is 12.3. The number of sulfone groups is 1. The summed E-state index contributed by atoms with van der Waals surface area (Å²) in [6, 6.07) is 11.6. The van der Waals surface area contributed by atoms with Crippen LogP contribution < -0.4 is 15.4 Å². The lowest BCUT2D eigenvalue weighted by atomic mass is 10.0. The molecule has 2 aromatic heterocycles. The number of halogens is 1. The number of ether oxygens (including phenoxy) is 1. The molecule has 10 nitrogen and oxygen atoms in total. The maximum atomic E-state index is 13.0. The molecule has 3 atom stereocenters. The van der Waals surface area contributed by atoms with Crippen LogP contribution in [0.15, 0.2) is 53.7 Å². The van der Waals surface area contributed by atoms with Crippen LogP contribution in [-0.2, 0) is 9.84 Å². The first kappa shape index (κ1) is 30.5. The van der Waals surface area contributed by atoms with Crippen LogP contribution in [0.4, 0.5) is 23.1 Å². The van der Waals surface area contributed by atoms with Crippen molar-refractivity contribution in [1.29, 1.82) is 0 Å². The van der Waals surface area contributed by atoms with Crippen LogP contribution in [0, 0.1) is 0 Å². The Kier molecular flexibility index (Phi) is 8.15. The lowest BCUT2D eigenvalue weighted by molar-refractivity contribution is 0.164. The van der Waals surface area contributed by atoms with Crippen molar-refractivity contribution >= 4 is 55.4 Å². The fraction of sp³-hybridized carbons (Fsp3) is 0.438. The Labute approximate surface area is 263 Å². The Hall–Kier alpha value is -3.54. The maximum absolute atomic E-state index is 13.0. The Morgan fingerprint density at radius 2 is 1.84 bits per heavy atom. The minimum absolute atomic E-state index is 0.103. The summed E-state index contributed by atoms with van der Waals surface area (Å²) in [5.74, 6) is 1.29. The highest BCUT2D eigenvalue weighted by Crippen LogP contribution is 2.46. The molecule has 0 amide bonds. The van der Waals surface area contributed by atoms with Gasteiger partial charge in [0.15, 0.2) is 21.5 Å². The first-order chi connectivity index (χ1) is 20.9. The number of rotatable bonds is 9. The van der Waals surface area contributed by atoms with E-state index in [1.807, 2.05) is 36.7 Å². The Morgan fingerprint density at radius 1 is 1.07 bits per heavy atom. The normalized spacial score (nSPS) is 20.5. The lowest BCUT2D eigenvalue weighted by Crippen LogP contribution is -2.37. The molecule has 4 heterocycles. The number of aromatic nitrogens is 3. The van der Waals surface area contributed by atoms with E-state index in [0.717, 1.165) is 18.2 Å². The first-order valence-electron chi connectivity index (χ1n) is 15.1. The van der Waals surface area contributed by atoms with Gasteiger partial charge in [-0.05, 0) is 78.3 Å². The van der Waals surface area contributed by atoms with Crippen LogP contribution in [0.1, 0.15) is 59.4 Å². The summed E-state index contributed by atoms with van der Waals surface area (Å²) in [5, 5.41) is 19.0. The van der Waals surface area contributed by atoms with Gasteiger partial charge in [-0.15, -0.1) is 0 Å². The number of nitrogens with one attached hydrogen (secondary N) is 2. The van der Waals surface area contributed by atoms with Crippen molar-refractivity contribution in [2.45, 2.75) is 87.8 Å². The van der Waals surface area contributed by atoms with Crippen molar-refractivity contribution in [2.75, 3.05) is 17.7 Å². The van der Waals surface area contributed by atoms with Gasteiger partial charge < -0.3 is 25.0 Å². The maximum Gasteiger partial charge on any atom is 0.229 e. The molecule has 0 spiro atoms. The molecule has 2 bridgehead atoms. The molecule has 3 unspecified atom stereocenters. The molecule has 0 saturated carbocycles. The molecule has 2 aromatic carbocycles. The predicted molar refractivity (Wildman–Crippen MR) is 175 cm³/mol. The monoisotopic (exact) mass is 638 g/mol. The molecule has 3 N–H and O–H groups in total. The first-order valence-corrected chi connectivity index (χ1v) is 17.0. The third-order valence-electron chi connectivity index (χ3n) is 8.79. The van der Waals surface area contributed by atoms with Gasteiger partial charge in [0.05, 0.1) is 39.9 Å². The average molecular weight is 639 g/mol. The zero-order valence-electron chi connectivity index (χ0n) is 25.6. The number of aromatic hydroxyl groups is 1. The minimum atomic E-state index is -3.56. The second kappa shape index (κ2) is 11.8. The molecule has 2 saturated heterocycles. The molecule has 4 aromatic rings. The van der Waals surface area contributed by atoms with E-state index < -0.39 is 15.1 Å². The SMILES string of the molecule is CC(C)Oc1cc2cn(C3CC4CCCC3N4C)c(O)c2cc1Nc1ncc(Cl)c(Nc2ccccc2S(=O)(=O)C(C)C)n1. The molecular formula is C32H39ClN6O4S. The number of hydrogen-bond donors (Lipinski definition) is 3. The molecule has 234 valence electrons. The van der Waals surface area contributed by atoms with Crippen LogP contribution in [0.3, 0.4) is 0 Å². The topological polar surface area (TPSA) is 122 Å². The van der Waals surface area contributed by atoms with Crippen molar-refractivity contribution in [3.63, 3.8) is 0 Å². The Morgan fingerprint density at radius 3 is 2.57 bits per heavy atom. The highest BCUT2D eigenvalue weighted by molar-refractivity contribution is 7.92. The van der Waals surface area contributed by atoms with Gasteiger partial charge in [-0.1, -0.05) is 30.2 Å². The summed E-state index contributed by atoms with van der Waals surface area (Å²) in [5.41, 5.74) is 0.948. The van der Waals surface area contributed by atoms with Gasteiger partial charge in [-0.25, -0.2) is 13.4 Å². The Bertz CT molecular complexity index is 1810. The number of anilines is 4. The van der Waals surface area contributed by atoms with E-state index in [1.54, 1.807) is 38.1 Å². The summed E-state index contributed by atoms with van der Waals surface area (Å²) in [6.07, 6.45) is 7.93. The fourth-order valence-electron chi connectivity index (χ4n) is 6.51. The number of fused-ring (bicyclic) bond motifs is 3. The van der Waals surface area contributed by atoms with E-state index in [1.165, 1.54) is 19.0 Å². The molecule has 6 rings (SSSR count). The van der Waals surface area contributed by atoms with Gasteiger partial charge >= 0.3 is 0 Å². The van der Waals surface area contributed by atoms with Crippen molar-refractivity contribution in [2.24, 2.45) is 0 Å². The van der Waals surface area contributed by atoms with Crippen molar-refractivity contribution in [3.05, 3.63) is 53.8 Å². The van der Waals surface area contributed by atoms with E-state index >= 15 is 0 Å². The second-order valence-corrected chi connectivity index (χ2v) is 15.2. The van der Waals surface area contributed by atoms with E-state index in [9.17, 15) is 13.5 Å². The summed E-state index contributed by atoms with van der Waals surface area (Å²) in [6.45, 7) is 7.19. The van der Waals surface area contributed by atoms with E-state index in [4.69, 9.17) is 16.3 Å². The molecule has 44 heavy (non-hydrogen) atoms. The molecule has 2 aliphatic heterocycles. The smallest absolute Gasteiger partial charge is 0.229 e. The third-order valence-corrected chi connectivity index (χ3v) is 11.3. The lowest BCUT2D eigenvalue weighted by Gasteiger charge is -2.32. The largest absolute Gasteiger partial charge is 0.494 e. The molecule has 12 heteroatoms. The van der Waals surface area contributed by atoms with Crippen LogP contribution in [-0.4, -0.2) is 63.4 Å². The van der Waals surface area contributed by atoms with E-state index in [-0.39, 0.29) is 39.7 Å². The number of benzene rings is 2. The van der Waals surface area contributed by atoms with Gasteiger partial charge in [0.1, 0.15) is 10.8 Å². The molecule has 0 aliphatic carbocycles. The van der Waals surface area contributed by atoms with Crippen molar-refractivity contribution in [1.82, 2.24) is 19.4 Å². The van der Waals surface area contributed by atoms with Gasteiger partial charge in [0.25, 0.3) is 0 Å². The number of piperidine rings is 1. The van der Waals surface area contributed by atoms with Crippen LogP contribution in [0.25, 0.3) is 10.8 Å². The number of para-hydroxylation sites is 1. The van der Waals surface area contributed by atoms with Crippen LogP contribution in [0.2, 0.25) is 5.02 Å². The molecular weight excluding hydrogens is 600 g/mol. The average Bonchev–Trinajstić information content (AvgIpc) is 3.34. The third kappa shape index (κ3) is 5.57. The molecule has 2 fully saturated rings. The minimum Gasteiger partial charge on any atom is -0.494 e. The zero-order valence-corrected chi connectivity index (χ0v) is 27.2. The van der Waals surface area contributed by atoms with Crippen LogP contribution in [0.5, 0.6) is 11.6 Å². The molecule has 0 radical (unpaired) electrons. The van der Waals surface area contributed by atoms with Gasteiger partial charge in [-0.2, -0.15) is 4.98 Å². The number of hydrogen-bond acceptors (Lipinski definition) is 9. The number of nitrogens with zero attached hydrogens (tertiary/aromatic N) is 4. The predicted octanol–water partition coefficient (Wildman–Crippen LogP) is 7.04. The summed E-state index contributed by atoms with van der Waals surface area (Å²) in [4.78, 5) is 11.6. The standard InChI is InChI=1S/C32H39ClN6O4S/c1-18(2)43-28-13-20-17-39(27-14-21-9-8-11-26(27)38(21)5)31(40)22(20)15-25(28)36-32-34-16-23(33)30(37-32)35-24-10-6-7-12-29(24)44(41,42)19(3)4/h6-7,10,12-13,15-19,21,26-27,40H,8-9,11,14H2,1-5H3,(H2,34,35,36,37). The zero-order chi connectivity index (χ0) is 31.3. The number of likely N-dealkylation sites (N-methyl/N-ethyl adjacent to an activating group) is 1. The quantitative estimate of drug-likeness (QED) is 0.177. The fourth-order valence-corrected chi connectivity index (χ4v) is 7.85. The summed E-state index contributed by atoms with van der Waals surface area (Å²) < 4.78 is 34.2. The molecule has 2 aliphatic rings. The van der Waals surface area contributed by atoms with Crippen molar-refractivity contribution in [3.8, 4) is 11.6 Å². The van der Waals surface area contributed by atoms with Crippen LogP contribution >= 0.6 is 11.6 Å². The highest BCUT2D eigenvalue weighted by atomic mass is 35.5. The Balaban J connectivity index is 1.35. The summed E-state index contributed by atoms with van der Waals surface area (Å²) >= 11 is 6.46.